The van der Waals surface area contributed by atoms with Gasteiger partial charge in [0.1, 0.15) is 6.10 Å². The molecule has 0 spiro atoms. The normalized spacial score (nSPS) is 11.6. The fraction of sp³-hybridized carbons (Fsp3) is 0.235. The lowest BCUT2D eigenvalue weighted by molar-refractivity contribution is 0.0600. The van der Waals surface area contributed by atoms with E-state index in [4.69, 9.17) is 19.9 Å². The number of carbonyl (C=O) groups is 1. The van der Waals surface area contributed by atoms with Crippen LogP contribution in [0.3, 0.4) is 0 Å². The third-order valence-corrected chi connectivity index (χ3v) is 3.24. The van der Waals surface area contributed by atoms with Crippen molar-refractivity contribution in [1.29, 1.82) is 0 Å². The molecular weight excluding hydrogens is 282 g/mol. The van der Waals surface area contributed by atoms with E-state index in [9.17, 15) is 4.79 Å². The molecule has 0 heterocycles. The van der Waals surface area contributed by atoms with Gasteiger partial charge in [0.2, 0.25) is 0 Å². The highest BCUT2D eigenvalue weighted by molar-refractivity contribution is 5.90. The van der Waals surface area contributed by atoms with Crippen LogP contribution in [0.4, 0.5) is 0 Å². The summed E-state index contributed by atoms with van der Waals surface area (Å²) in [6.07, 6.45) is -0.293. The van der Waals surface area contributed by atoms with E-state index in [1.807, 2.05) is 30.3 Å². The largest absolute Gasteiger partial charge is 0.493 e. The first-order valence-corrected chi connectivity index (χ1v) is 6.87. The molecule has 0 fully saturated rings. The van der Waals surface area contributed by atoms with Crippen LogP contribution in [0.15, 0.2) is 48.5 Å². The van der Waals surface area contributed by atoms with Gasteiger partial charge in [-0.05, 0) is 23.8 Å². The van der Waals surface area contributed by atoms with Gasteiger partial charge in [0.05, 0.1) is 19.8 Å². The lowest BCUT2D eigenvalue weighted by Crippen LogP contribution is -2.18. The van der Waals surface area contributed by atoms with Gasteiger partial charge in [0.25, 0.3) is 0 Å². The maximum absolute atomic E-state index is 11.6. The third kappa shape index (κ3) is 3.56. The number of nitrogens with two attached hydrogens (primary N) is 1. The summed E-state index contributed by atoms with van der Waals surface area (Å²) < 4.78 is 15.9. The highest BCUT2D eigenvalue weighted by Gasteiger charge is 2.16. The molecule has 116 valence electrons. The first-order chi connectivity index (χ1) is 10.7. The standard InChI is InChI=1S/C17H19NO4/c1-20-15-10-13(17(19)21-2)8-9-14(15)22-16(11-18)12-6-4-3-5-7-12/h3-10,16H,11,18H2,1-2H3/t16-/m0/s1. The van der Waals surface area contributed by atoms with Crippen LogP contribution in [-0.2, 0) is 4.74 Å². The molecule has 5 heteroatoms. The number of benzene rings is 2. The lowest BCUT2D eigenvalue weighted by atomic mass is 10.1. The van der Waals surface area contributed by atoms with Gasteiger partial charge < -0.3 is 19.9 Å². The molecule has 0 radical (unpaired) electrons. The van der Waals surface area contributed by atoms with Crippen molar-refractivity contribution in [2.45, 2.75) is 6.10 Å². The number of hydrogen-bond donors (Lipinski definition) is 1. The number of esters is 1. The third-order valence-electron chi connectivity index (χ3n) is 3.24. The molecule has 2 N–H and O–H groups in total. The molecule has 0 unspecified atom stereocenters. The van der Waals surface area contributed by atoms with Crippen molar-refractivity contribution in [2.75, 3.05) is 20.8 Å². The molecule has 0 amide bonds. The molecule has 2 aromatic carbocycles. The smallest absolute Gasteiger partial charge is 0.337 e. The number of rotatable bonds is 6. The Labute approximate surface area is 129 Å². The van der Waals surface area contributed by atoms with Crippen molar-refractivity contribution in [3.63, 3.8) is 0 Å². The average Bonchev–Trinajstić information content (AvgIpc) is 2.59. The second-order valence-corrected chi connectivity index (χ2v) is 4.61. The maximum Gasteiger partial charge on any atom is 0.337 e. The summed E-state index contributed by atoms with van der Waals surface area (Å²) in [6.45, 7) is 0.325. The van der Waals surface area contributed by atoms with Crippen LogP contribution in [0, 0.1) is 0 Å². The number of ether oxygens (including phenoxy) is 3. The summed E-state index contributed by atoms with van der Waals surface area (Å²) in [5.74, 6) is 0.551. The molecule has 5 nitrogen and oxygen atoms in total. The van der Waals surface area contributed by atoms with Gasteiger partial charge in [-0.1, -0.05) is 30.3 Å². The number of hydrogen-bond acceptors (Lipinski definition) is 5. The van der Waals surface area contributed by atoms with Gasteiger partial charge in [-0.2, -0.15) is 0 Å². The van der Waals surface area contributed by atoms with Crippen LogP contribution in [0.1, 0.15) is 22.0 Å². The lowest BCUT2D eigenvalue weighted by Gasteiger charge is -2.19. The fourth-order valence-electron chi connectivity index (χ4n) is 2.08. The quantitative estimate of drug-likeness (QED) is 0.830. The molecule has 22 heavy (non-hydrogen) atoms. The Morgan fingerprint density at radius 3 is 2.41 bits per heavy atom. The monoisotopic (exact) mass is 301 g/mol. The molecule has 2 rings (SSSR count). The van der Waals surface area contributed by atoms with E-state index in [-0.39, 0.29) is 6.10 Å². The molecule has 1 atom stereocenters. The molecule has 0 saturated carbocycles. The Kier molecular flexibility index (Phi) is 5.38. The van der Waals surface area contributed by atoms with Crippen molar-refractivity contribution in [1.82, 2.24) is 0 Å². The molecule has 0 aliphatic carbocycles. The van der Waals surface area contributed by atoms with E-state index in [1.165, 1.54) is 14.2 Å². The highest BCUT2D eigenvalue weighted by atomic mass is 16.5. The van der Waals surface area contributed by atoms with Crippen molar-refractivity contribution in [3.8, 4) is 11.5 Å². The predicted octanol–water partition coefficient (Wildman–Crippen LogP) is 2.56. The molecule has 0 saturated heterocycles. The van der Waals surface area contributed by atoms with Crippen LogP contribution in [0.5, 0.6) is 11.5 Å². The van der Waals surface area contributed by atoms with E-state index in [0.717, 1.165) is 5.56 Å². The van der Waals surface area contributed by atoms with Crippen molar-refractivity contribution < 1.29 is 19.0 Å². The fourth-order valence-corrected chi connectivity index (χ4v) is 2.08. The van der Waals surface area contributed by atoms with Crippen LogP contribution in [0.2, 0.25) is 0 Å². The summed E-state index contributed by atoms with van der Waals surface area (Å²) >= 11 is 0. The minimum atomic E-state index is -0.428. The van der Waals surface area contributed by atoms with Gasteiger partial charge in [-0.25, -0.2) is 4.79 Å². The first-order valence-electron chi connectivity index (χ1n) is 6.87. The predicted molar refractivity (Wildman–Crippen MR) is 83.2 cm³/mol. The molecule has 0 aliphatic rings. The van der Waals surface area contributed by atoms with Crippen molar-refractivity contribution >= 4 is 5.97 Å². The number of methoxy groups -OCH3 is 2. The SMILES string of the molecule is COC(=O)c1ccc(O[C@@H](CN)c2ccccc2)c(OC)c1. The molecule has 0 aromatic heterocycles. The second-order valence-electron chi connectivity index (χ2n) is 4.61. The molecule has 0 bridgehead atoms. The Morgan fingerprint density at radius 2 is 1.82 bits per heavy atom. The van der Waals surface area contributed by atoms with Crippen molar-refractivity contribution in [2.24, 2.45) is 5.73 Å². The van der Waals surface area contributed by atoms with Gasteiger partial charge in [-0.15, -0.1) is 0 Å². The van der Waals surface area contributed by atoms with Crippen molar-refractivity contribution in [3.05, 3.63) is 59.7 Å². The van der Waals surface area contributed by atoms with E-state index in [2.05, 4.69) is 0 Å². The molecular formula is C17H19NO4. The highest BCUT2D eigenvalue weighted by Crippen LogP contribution is 2.32. The summed E-state index contributed by atoms with van der Waals surface area (Å²) in [7, 11) is 2.85. The zero-order valence-electron chi connectivity index (χ0n) is 12.6. The summed E-state index contributed by atoms with van der Waals surface area (Å²) in [4.78, 5) is 11.6. The minimum Gasteiger partial charge on any atom is -0.493 e. The summed E-state index contributed by atoms with van der Waals surface area (Å²) in [6, 6.07) is 14.6. The van der Waals surface area contributed by atoms with Crippen LogP contribution in [0.25, 0.3) is 0 Å². The Bertz CT molecular complexity index is 628. The Balaban J connectivity index is 2.26. The zero-order valence-corrected chi connectivity index (χ0v) is 12.6. The molecule has 2 aromatic rings. The zero-order chi connectivity index (χ0) is 15.9. The van der Waals surface area contributed by atoms with Gasteiger partial charge in [-0.3, -0.25) is 0 Å². The van der Waals surface area contributed by atoms with E-state index in [0.29, 0.717) is 23.6 Å². The van der Waals surface area contributed by atoms with Gasteiger partial charge in [0, 0.05) is 6.54 Å². The van der Waals surface area contributed by atoms with Crippen LogP contribution >= 0.6 is 0 Å². The maximum atomic E-state index is 11.6. The van der Waals surface area contributed by atoms with Crippen LogP contribution in [-0.4, -0.2) is 26.7 Å². The Morgan fingerprint density at radius 1 is 1.09 bits per heavy atom. The van der Waals surface area contributed by atoms with Gasteiger partial charge in [0.15, 0.2) is 11.5 Å². The van der Waals surface area contributed by atoms with E-state index >= 15 is 0 Å². The number of carbonyl (C=O) groups excluding carboxylic acids is 1. The molecule has 0 aliphatic heterocycles. The average molecular weight is 301 g/mol. The second kappa shape index (κ2) is 7.47. The topological polar surface area (TPSA) is 70.8 Å². The minimum absolute atomic E-state index is 0.293. The van der Waals surface area contributed by atoms with E-state index < -0.39 is 5.97 Å². The summed E-state index contributed by atoms with van der Waals surface area (Å²) in [5.41, 5.74) is 7.18. The summed E-state index contributed by atoms with van der Waals surface area (Å²) in [5, 5.41) is 0. The first kappa shape index (κ1) is 15.9. The Hall–Kier alpha value is -2.53. The van der Waals surface area contributed by atoms with Crippen LogP contribution < -0.4 is 15.2 Å². The van der Waals surface area contributed by atoms with Gasteiger partial charge >= 0.3 is 5.97 Å². The van der Waals surface area contributed by atoms with E-state index in [1.54, 1.807) is 18.2 Å².